The lowest BCUT2D eigenvalue weighted by Gasteiger charge is -2.09. The van der Waals surface area contributed by atoms with E-state index in [1.54, 1.807) is 36.7 Å². The topological polar surface area (TPSA) is 102 Å². The highest BCUT2D eigenvalue weighted by Gasteiger charge is 2.11. The highest BCUT2D eigenvalue weighted by atomic mass is 16.5. The average molecular weight is 342 g/mol. The number of rotatable bonds is 7. The van der Waals surface area contributed by atoms with Crippen molar-refractivity contribution < 1.29 is 19.1 Å². The van der Waals surface area contributed by atoms with Gasteiger partial charge in [-0.15, -0.1) is 0 Å². The summed E-state index contributed by atoms with van der Waals surface area (Å²) in [7, 11) is 2.99. The van der Waals surface area contributed by atoms with Gasteiger partial charge in [0.2, 0.25) is 0 Å². The van der Waals surface area contributed by atoms with Crippen LogP contribution in [0.4, 0.5) is 0 Å². The third-order valence-corrected chi connectivity index (χ3v) is 3.14. The lowest BCUT2D eigenvalue weighted by molar-refractivity contribution is -0.120. The van der Waals surface area contributed by atoms with E-state index in [-0.39, 0.29) is 6.54 Å². The van der Waals surface area contributed by atoms with Gasteiger partial charge in [-0.25, -0.2) is 5.43 Å². The smallest absolute Gasteiger partial charge is 0.259 e. The van der Waals surface area contributed by atoms with Gasteiger partial charge < -0.3 is 14.8 Å². The Morgan fingerprint density at radius 2 is 2.00 bits per heavy atom. The number of pyridine rings is 1. The predicted molar refractivity (Wildman–Crippen MR) is 91.9 cm³/mol. The van der Waals surface area contributed by atoms with Crippen molar-refractivity contribution in [2.45, 2.75) is 0 Å². The second kappa shape index (κ2) is 9.02. The first kappa shape index (κ1) is 17.9. The van der Waals surface area contributed by atoms with Crippen LogP contribution in [0.2, 0.25) is 0 Å². The van der Waals surface area contributed by atoms with E-state index in [0.717, 1.165) is 5.56 Å². The third kappa shape index (κ3) is 5.31. The van der Waals surface area contributed by atoms with Gasteiger partial charge in [0.25, 0.3) is 11.8 Å². The first-order chi connectivity index (χ1) is 12.1. The zero-order chi connectivity index (χ0) is 18.1. The summed E-state index contributed by atoms with van der Waals surface area (Å²) in [6, 6.07) is 8.28. The largest absolute Gasteiger partial charge is 0.493 e. The number of amides is 2. The predicted octanol–water partition coefficient (Wildman–Crippen LogP) is 0.979. The lowest BCUT2D eigenvalue weighted by atomic mass is 10.2. The SMILES string of the molecule is COc1ccc(C(=O)NCC(=O)N/N=C\c2cccnc2)cc1OC. The standard InChI is InChI=1S/C17H18N4O4/c1-24-14-6-5-13(8-15(14)25-2)17(23)19-11-16(22)21-20-10-12-4-3-7-18-9-12/h3-10H,11H2,1-2H3,(H,19,23)(H,21,22)/b20-10-. The molecule has 0 saturated heterocycles. The van der Waals surface area contributed by atoms with Gasteiger partial charge in [0.15, 0.2) is 11.5 Å². The molecule has 2 amide bonds. The van der Waals surface area contributed by atoms with E-state index in [4.69, 9.17) is 9.47 Å². The van der Waals surface area contributed by atoms with Crippen LogP contribution in [0.15, 0.2) is 47.8 Å². The summed E-state index contributed by atoms with van der Waals surface area (Å²) in [6.45, 7) is -0.211. The van der Waals surface area contributed by atoms with Crippen molar-refractivity contribution in [3.63, 3.8) is 0 Å². The number of hydrazone groups is 1. The normalized spacial score (nSPS) is 10.3. The number of carbonyl (C=O) groups is 2. The van der Waals surface area contributed by atoms with Crippen LogP contribution in [0.25, 0.3) is 0 Å². The Hall–Kier alpha value is -3.42. The third-order valence-electron chi connectivity index (χ3n) is 3.14. The van der Waals surface area contributed by atoms with Crippen molar-refractivity contribution in [1.82, 2.24) is 15.7 Å². The first-order valence-electron chi connectivity index (χ1n) is 7.36. The number of hydrogen-bond donors (Lipinski definition) is 2. The molecule has 1 heterocycles. The summed E-state index contributed by atoms with van der Waals surface area (Å²) in [5, 5.41) is 6.29. The van der Waals surface area contributed by atoms with Crippen LogP contribution in [0, 0.1) is 0 Å². The maximum atomic E-state index is 12.1. The molecule has 8 nitrogen and oxygen atoms in total. The molecule has 0 aliphatic rings. The molecule has 0 unspecified atom stereocenters. The number of nitrogens with zero attached hydrogens (tertiary/aromatic N) is 2. The second-order valence-electron chi connectivity index (χ2n) is 4.83. The first-order valence-corrected chi connectivity index (χ1v) is 7.36. The molecule has 0 bridgehead atoms. The molecule has 0 radical (unpaired) electrons. The van der Waals surface area contributed by atoms with Gasteiger partial charge in [-0.1, -0.05) is 6.07 Å². The number of benzene rings is 1. The molecule has 2 N–H and O–H groups in total. The minimum Gasteiger partial charge on any atom is -0.493 e. The molecule has 2 aromatic rings. The molecule has 0 atom stereocenters. The van der Waals surface area contributed by atoms with E-state index in [1.807, 2.05) is 0 Å². The van der Waals surface area contributed by atoms with Crippen molar-refractivity contribution in [2.24, 2.45) is 5.10 Å². The quantitative estimate of drug-likeness (QED) is 0.577. The molecule has 0 aliphatic heterocycles. The summed E-state index contributed by atoms with van der Waals surface area (Å²) in [4.78, 5) is 27.7. The number of aromatic nitrogens is 1. The maximum absolute atomic E-state index is 12.1. The van der Waals surface area contributed by atoms with Crippen molar-refractivity contribution in [1.29, 1.82) is 0 Å². The number of nitrogens with one attached hydrogen (secondary N) is 2. The monoisotopic (exact) mass is 342 g/mol. The Kier molecular flexibility index (Phi) is 6.47. The minimum absolute atomic E-state index is 0.211. The molecule has 0 saturated carbocycles. The van der Waals surface area contributed by atoms with Crippen molar-refractivity contribution in [3.05, 3.63) is 53.9 Å². The number of hydrogen-bond acceptors (Lipinski definition) is 6. The summed E-state index contributed by atoms with van der Waals surface area (Å²) >= 11 is 0. The van der Waals surface area contributed by atoms with Crippen LogP contribution in [0.1, 0.15) is 15.9 Å². The molecule has 0 fully saturated rings. The zero-order valence-electron chi connectivity index (χ0n) is 13.9. The molecular formula is C17H18N4O4. The van der Waals surface area contributed by atoms with E-state index in [0.29, 0.717) is 17.1 Å². The van der Waals surface area contributed by atoms with E-state index in [2.05, 4.69) is 20.8 Å². The summed E-state index contributed by atoms with van der Waals surface area (Å²) < 4.78 is 10.2. The van der Waals surface area contributed by atoms with Gasteiger partial charge in [0.1, 0.15) is 0 Å². The van der Waals surface area contributed by atoms with Gasteiger partial charge >= 0.3 is 0 Å². The minimum atomic E-state index is -0.450. The fourth-order valence-electron chi connectivity index (χ4n) is 1.91. The summed E-state index contributed by atoms with van der Waals surface area (Å²) in [5.74, 6) is 0.0866. The molecule has 0 aliphatic carbocycles. The van der Waals surface area contributed by atoms with Crippen molar-refractivity contribution in [2.75, 3.05) is 20.8 Å². The zero-order valence-corrected chi connectivity index (χ0v) is 13.9. The van der Waals surface area contributed by atoms with Gasteiger partial charge in [-0.3, -0.25) is 14.6 Å². The number of carbonyl (C=O) groups excluding carboxylic acids is 2. The fourth-order valence-corrected chi connectivity index (χ4v) is 1.91. The van der Waals surface area contributed by atoms with E-state index in [9.17, 15) is 9.59 Å². The fraction of sp³-hybridized carbons (Fsp3) is 0.176. The van der Waals surface area contributed by atoms with E-state index >= 15 is 0 Å². The molecule has 1 aromatic heterocycles. The van der Waals surface area contributed by atoms with Crippen molar-refractivity contribution in [3.8, 4) is 11.5 Å². The number of methoxy groups -OCH3 is 2. The second-order valence-corrected chi connectivity index (χ2v) is 4.83. The van der Waals surface area contributed by atoms with Gasteiger partial charge in [0, 0.05) is 23.5 Å². The molecule has 2 rings (SSSR count). The summed E-state index contributed by atoms with van der Waals surface area (Å²) in [5.41, 5.74) is 3.42. The lowest BCUT2D eigenvalue weighted by Crippen LogP contribution is -2.34. The van der Waals surface area contributed by atoms with Crippen LogP contribution >= 0.6 is 0 Å². The molecule has 1 aromatic carbocycles. The van der Waals surface area contributed by atoms with Gasteiger partial charge in [-0.05, 0) is 24.3 Å². The highest BCUT2D eigenvalue weighted by Crippen LogP contribution is 2.27. The molecule has 130 valence electrons. The van der Waals surface area contributed by atoms with Crippen LogP contribution in [-0.2, 0) is 4.79 Å². The van der Waals surface area contributed by atoms with Crippen LogP contribution in [0.5, 0.6) is 11.5 Å². The van der Waals surface area contributed by atoms with Crippen LogP contribution in [0.3, 0.4) is 0 Å². The van der Waals surface area contributed by atoms with Gasteiger partial charge in [-0.2, -0.15) is 5.10 Å². The summed E-state index contributed by atoms with van der Waals surface area (Å²) in [6.07, 6.45) is 4.70. The Morgan fingerprint density at radius 1 is 1.20 bits per heavy atom. The highest BCUT2D eigenvalue weighted by molar-refractivity contribution is 5.97. The Bertz CT molecular complexity index is 762. The van der Waals surface area contributed by atoms with Crippen LogP contribution in [-0.4, -0.2) is 43.8 Å². The average Bonchev–Trinajstić information content (AvgIpc) is 2.66. The molecule has 0 spiro atoms. The van der Waals surface area contributed by atoms with E-state index < -0.39 is 11.8 Å². The van der Waals surface area contributed by atoms with Crippen LogP contribution < -0.4 is 20.2 Å². The Balaban J connectivity index is 1.85. The maximum Gasteiger partial charge on any atom is 0.259 e. The molecule has 25 heavy (non-hydrogen) atoms. The van der Waals surface area contributed by atoms with Crippen molar-refractivity contribution >= 4 is 18.0 Å². The Morgan fingerprint density at radius 3 is 2.68 bits per heavy atom. The van der Waals surface area contributed by atoms with Gasteiger partial charge in [0.05, 0.1) is 27.0 Å². The Labute approximate surface area is 144 Å². The molecule has 8 heteroatoms. The molecular weight excluding hydrogens is 324 g/mol. The van der Waals surface area contributed by atoms with E-state index in [1.165, 1.54) is 26.5 Å². The number of ether oxygens (including phenoxy) is 2.